The van der Waals surface area contributed by atoms with Crippen molar-refractivity contribution in [2.24, 2.45) is 0 Å². The van der Waals surface area contributed by atoms with E-state index in [1.807, 2.05) is 36.4 Å². The van der Waals surface area contributed by atoms with Crippen molar-refractivity contribution >= 4 is 23.1 Å². The Morgan fingerprint density at radius 2 is 1.58 bits per heavy atom. The van der Waals surface area contributed by atoms with Gasteiger partial charge in [0.25, 0.3) is 0 Å². The minimum absolute atomic E-state index is 0.217. The van der Waals surface area contributed by atoms with Crippen molar-refractivity contribution in [3.8, 4) is 0 Å². The zero-order chi connectivity index (χ0) is 18.5. The molecule has 2 N–H and O–H groups in total. The highest BCUT2D eigenvalue weighted by Gasteiger charge is 2.14. The Balaban J connectivity index is 1.60. The van der Waals surface area contributed by atoms with Gasteiger partial charge in [0.05, 0.1) is 0 Å². The summed E-state index contributed by atoms with van der Waals surface area (Å²) in [6.45, 7) is 8.48. The number of nitrogens with one attached hydrogen (secondary N) is 2. The summed E-state index contributed by atoms with van der Waals surface area (Å²) in [5.41, 5.74) is 3.98. The zero-order valence-corrected chi connectivity index (χ0v) is 15.8. The number of urea groups is 1. The fraction of sp³-hybridized carbons (Fsp3) is 0.381. The molecule has 5 heteroatoms. The monoisotopic (exact) mass is 352 g/mol. The van der Waals surface area contributed by atoms with Gasteiger partial charge in [-0.05, 0) is 48.9 Å². The van der Waals surface area contributed by atoms with E-state index in [1.165, 1.54) is 5.69 Å². The summed E-state index contributed by atoms with van der Waals surface area (Å²) in [6.07, 6.45) is 0. The molecule has 5 nitrogen and oxygen atoms in total. The number of hydrogen-bond donors (Lipinski definition) is 2. The molecule has 1 fully saturated rings. The van der Waals surface area contributed by atoms with Crippen LogP contribution in [0.25, 0.3) is 0 Å². The van der Waals surface area contributed by atoms with Crippen LogP contribution in [0.4, 0.5) is 21.9 Å². The van der Waals surface area contributed by atoms with E-state index in [1.54, 1.807) is 0 Å². The van der Waals surface area contributed by atoms with Crippen LogP contribution in [0.2, 0.25) is 0 Å². The van der Waals surface area contributed by atoms with E-state index in [0.29, 0.717) is 5.92 Å². The average Bonchev–Trinajstić information content (AvgIpc) is 2.63. The normalized spacial score (nSPS) is 15.2. The third-order valence-electron chi connectivity index (χ3n) is 4.82. The fourth-order valence-electron chi connectivity index (χ4n) is 3.22. The quantitative estimate of drug-likeness (QED) is 0.867. The van der Waals surface area contributed by atoms with Crippen LogP contribution in [0.5, 0.6) is 0 Å². The highest BCUT2D eigenvalue weighted by atomic mass is 16.2. The summed E-state index contributed by atoms with van der Waals surface area (Å²) in [6, 6.07) is 15.8. The van der Waals surface area contributed by atoms with Gasteiger partial charge in [-0.2, -0.15) is 0 Å². The molecular formula is C21H28N4O. The van der Waals surface area contributed by atoms with Gasteiger partial charge in [0, 0.05) is 43.2 Å². The van der Waals surface area contributed by atoms with Gasteiger partial charge in [-0.3, -0.25) is 0 Å². The van der Waals surface area contributed by atoms with Gasteiger partial charge in [0.15, 0.2) is 0 Å². The SMILES string of the molecule is CC(C)c1ccccc1NC(=O)Nc1ccc(N2CCN(C)CC2)cc1. The lowest BCUT2D eigenvalue weighted by molar-refractivity contribution is 0.262. The third kappa shape index (κ3) is 4.55. The van der Waals surface area contributed by atoms with Crippen LogP contribution in [0.1, 0.15) is 25.3 Å². The standard InChI is InChI=1S/C21H28N4O/c1-16(2)19-6-4-5-7-20(19)23-21(26)22-17-8-10-18(11-9-17)25-14-12-24(3)13-15-25/h4-11,16H,12-15H2,1-3H3,(H2,22,23,26). The summed E-state index contributed by atoms with van der Waals surface area (Å²) in [7, 11) is 2.15. The van der Waals surface area contributed by atoms with E-state index in [4.69, 9.17) is 0 Å². The molecule has 26 heavy (non-hydrogen) atoms. The van der Waals surface area contributed by atoms with E-state index in [-0.39, 0.29) is 6.03 Å². The van der Waals surface area contributed by atoms with Gasteiger partial charge in [-0.25, -0.2) is 4.79 Å². The van der Waals surface area contributed by atoms with E-state index in [9.17, 15) is 4.79 Å². The molecule has 2 aromatic carbocycles. The van der Waals surface area contributed by atoms with Gasteiger partial charge in [0.1, 0.15) is 0 Å². The van der Waals surface area contributed by atoms with Gasteiger partial charge in [0.2, 0.25) is 0 Å². The Morgan fingerprint density at radius 3 is 2.23 bits per heavy atom. The fourth-order valence-corrected chi connectivity index (χ4v) is 3.22. The number of carbonyl (C=O) groups excluding carboxylic acids is 1. The molecule has 3 rings (SSSR count). The lowest BCUT2D eigenvalue weighted by atomic mass is 10.0. The summed E-state index contributed by atoms with van der Waals surface area (Å²) in [5, 5.41) is 5.87. The van der Waals surface area contributed by atoms with Crippen molar-refractivity contribution in [1.82, 2.24) is 4.90 Å². The van der Waals surface area contributed by atoms with Crippen LogP contribution < -0.4 is 15.5 Å². The molecule has 2 amide bonds. The molecule has 2 aromatic rings. The van der Waals surface area contributed by atoms with Gasteiger partial charge < -0.3 is 20.4 Å². The Labute approximate surface area is 156 Å². The highest BCUT2D eigenvalue weighted by molar-refractivity contribution is 6.00. The molecule has 0 atom stereocenters. The second kappa shape index (κ2) is 8.23. The molecule has 0 saturated carbocycles. The van der Waals surface area contributed by atoms with Crippen molar-refractivity contribution in [3.05, 3.63) is 54.1 Å². The van der Waals surface area contributed by atoms with E-state index >= 15 is 0 Å². The number of piperazine rings is 1. The summed E-state index contributed by atoms with van der Waals surface area (Å²) >= 11 is 0. The van der Waals surface area contributed by atoms with E-state index < -0.39 is 0 Å². The molecule has 0 spiro atoms. The molecule has 1 aliphatic rings. The van der Waals surface area contributed by atoms with Crippen LogP contribution in [0.15, 0.2) is 48.5 Å². The Kier molecular flexibility index (Phi) is 5.78. The molecule has 0 bridgehead atoms. The molecule has 1 aliphatic heterocycles. The Bertz CT molecular complexity index is 734. The molecular weight excluding hydrogens is 324 g/mol. The lowest BCUT2D eigenvalue weighted by Gasteiger charge is -2.34. The van der Waals surface area contributed by atoms with Gasteiger partial charge in [-0.1, -0.05) is 32.0 Å². The first-order chi connectivity index (χ1) is 12.5. The van der Waals surface area contributed by atoms with Gasteiger partial charge >= 0.3 is 6.03 Å². The third-order valence-corrected chi connectivity index (χ3v) is 4.82. The molecule has 138 valence electrons. The number of nitrogens with zero attached hydrogens (tertiary/aromatic N) is 2. The topological polar surface area (TPSA) is 47.6 Å². The van der Waals surface area contributed by atoms with Crippen molar-refractivity contribution in [2.75, 3.05) is 48.8 Å². The lowest BCUT2D eigenvalue weighted by Crippen LogP contribution is -2.44. The molecule has 1 saturated heterocycles. The van der Waals surface area contributed by atoms with Crippen molar-refractivity contribution in [2.45, 2.75) is 19.8 Å². The van der Waals surface area contributed by atoms with Crippen molar-refractivity contribution in [3.63, 3.8) is 0 Å². The van der Waals surface area contributed by atoms with Crippen LogP contribution >= 0.6 is 0 Å². The number of benzene rings is 2. The maximum atomic E-state index is 12.3. The number of likely N-dealkylation sites (N-methyl/N-ethyl adjacent to an activating group) is 1. The smallest absolute Gasteiger partial charge is 0.323 e. The van der Waals surface area contributed by atoms with Crippen molar-refractivity contribution in [1.29, 1.82) is 0 Å². The maximum absolute atomic E-state index is 12.3. The summed E-state index contributed by atoms with van der Waals surface area (Å²) < 4.78 is 0. The minimum Gasteiger partial charge on any atom is -0.369 e. The molecule has 0 unspecified atom stereocenters. The van der Waals surface area contributed by atoms with Crippen LogP contribution in [-0.4, -0.2) is 44.2 Å². The molecule has 1 heterocycles. The first-order valence-electron chi connectivity index (χ1n) is 9.23. The second-order valence-corrected chi connectivity index (χ2v) is 7.16. The summed E-state index contributed by atoms with van der Waals surface area (Å²) in [5.74, 6) is 0.356. The number of carbonyl (C=O) groups is 1. The Hall–Kier alpha value is -2.53. The largest absolute Gasteiger partial charge is 0.369 e. The minimum atomic E-state index is -0.217. The molecule has 0 aromatic heterocycles. The molecule has 0 aliphatic carbocycles. The number of para-hydroxylation sites is 1. The summed E-state index contributed by atoms with van der Waals surface area (Å²) in [4.78, 5) is 17.1. The number of amides is 2. The van der Waals surface area contributed by atoms with E-state index in [2.05, 4.69) is 53.5 Å². The second-order valence-electron chi connectivity index (χ2n) is 7.16. The zero-order valence-electron chi connectivity index (χ0n) is 15.8. The average molecular weight is 352 g/mol. The first-order valence-corrected chi connectivity index (χ1v) is 9.23. The van der Waals surface area contributed by atoms with E-state index in [0.717, 1.165) is 43.1 Å². The number of hydrogen-bond acceptors (Lipinski definition) is 3. The van der Waals surface area contributed by atoms with Crippen LogP contribution in [0.3, 0.4) is 0 Å². The van der Waals surface area contributed by atoms with Crippen molar-refractivity contribution < 1.29 is 4.79 Å². The highest BCUT2D eigenvalue weighted by Crippen LogP contribution is 2.24. The predicted molar refractivity (Wildman–Crippen MR) is 109 cm³/mol. The Morgan fingerprint density at radius 1 is 0.923 bits per heavy atom. The molecule has 0 radical (unpaired) electrons. The van der Waals surface area contributed by atoms with Crippen LogP contribution in [0, 0.1) is 0 Å². The van der Waals surface area contributed by atoms with Gasteiger partial charge in [-0.15, -0.1) is 0 Å². The predicted octanol–water partition coefficient (Wildman–Crippen LogP) is 4.21. The number of rotatable bonds is 4. The number of anilines is 3. The maximum Gasteiger partial charge on any atom is 0.323 e. The van der Waals surface area contributed by atoms with Crippen LogP contribution in [-0.2, 0) is 0 Å². The first kappa shape index (κ1) is 18.3.